The van der Waals surface area contributed by atoms with Gasteiger partial charge in [-0.15, -0.1) is 0 Å². The van der Waals surface area contributed by atoms with Crippen molar-refractivity contribution in [3.8, 4) is 0 Å². The number of nitrogens with zero attached hydrogens (tertiary/aromatic N) is 3. The topological polar surface area (TPSA) is 29.0 Å². The van der Waals surface area contributed by atoms with Crippen LogP contribution in [-0.2, 0) is 6.42 Å². The Morgan fingerprint density at radius 3 is 3.05 bits per heavy atom. The number of fused-ring (bicyclic) bond motifs is 1. The quantitative estimate of drug-likeness (QED) is 0.745. The molecule has 5 heteroatoms. The highest BCUT2D eigenvalue weighted by molar-refractivity contribution is 6.28. The normalized spacial score (nSPS) is 14.4. The Labute approximate surface area is 116 Å². The molecule has 98 valence electrons. The van der Waals surface area contributed by atoms with Gasteiger partial charge in [0.2, 0.25) is 5.28 Å². The fraction of sp³-hybridized carbons (Fsp3) is 0.286. The smallest absolute Gasteiger partial charge is 0.224 e. The van der Waals surface area contributed by atoms with Crippen LogP contribution >= 0.6 is 11.6 Å². The molecule has 0 fully saturated rings. The van der Waals surface area contributed by atoms with Gasteiger partial charge in [-0.1, -0.05) is 17.7 Å². The highest BCUT2D eigenvalue weighted by atomic mass is 35.5. The van der Waals surface area contributed by atoms with Gasteiger partial charge in [0.15, 0.2) is 11.6 Å². The van der Waals surface area contributed by atoms with Gasteiger partial charge >= 0.3 is 0 Å². The maximum absolute atomic E-state index is 13.9. The molecule has 3 nitrogen and oxygen atoms in total. The van der Waals surface area contributed by atoms with E-state index in [0.29, 0.717) is 0 Å². The molecular weight excluding hydrogens is 265 g/mol. The summed E-state index contributed by atoms with van der Waals surface area (Å²) in [5, 5.41) is 0.0654. The Balaban J connectivity index is 2.11. The summed E-state index contributed by atoms with van der Waals surface area (Å²) in [6, 6.07) is 6.18. The zero-order chi connectivity index (χ0) is 13.4. The Hall–Kier alpha value is -1.68. The number of hydrogen-bond donors (Lipinski definition) is 0. The van der Waals surface area contributed by atoms with Crippen LogP contribution in [0.5, 0.6) is 0 Å². The van der Waals surface area contributed by atoms with E-state index in [-0.39, 0.29) is 11.1 Å². The molecule has 0 amide bonds. The lowest BCUT2D eigenvalue weighted by molar-refractivity contribution is 0.605. The zero-order valence-corrected chi connectivity index (χ0v) is 11.3. The molecule has 1 aliphatic heterocycles. The molecular formula is C14H13ClFN3. The fourth-order valence-corrected chi connectivity index (χ4v) is 2.60. The first-order valence-corrected chi connectivity index (χ1v) is 6.58. The summed E-state index contributed by atoms with van der Waals surface area (Å²) < 4.78 is 13.9. The molecule has 3 rings (SSSR count). The van der Waals surface area contributed by atoms with Crippen molar-refractivity contribution in [3.63, 3.8) is 0 Å². The zero-order valence-electron chi connectivity index (χ0n) is 10.5. The number of benzene rings is 1. The van der Waals surface area contributed by atoms with Crippen LogP contribution in [0, 0.1) is 12.7 Å². The predicted octanol–water partition coefficient (Wildman–Crippen LogP) is 3.66. The summed E-state index contributed by atoms with van der Waals surface area (Å²) in [6.07, 6.45) is 3.10. The van der Waals surface area contributed by atoms with Crippen LogP contribution in [-0.4, -0.2) is 16.5 Å². The molecule has 0 spiro atoms. The number of aromatic nitrogens is 2. The molecule has 1 aliphatic rings. The summed E-state index contributed by atoms with van der Waals surface area (Å²) in [6.45, 7) is 2.79. The van der Waals surface area contributed by atoms with Gasteiger partial charge < -0.3 is 4.90 Å². The third-order valence-electron chi connectivity index (χ3n) is 3.31. The van der Waals surface area contributed by atoms with Crippen molar-refractivity contribution in [1.82, 2.24) is 9.97 Å². The maximum atomic E-state index is 13.9. The molecule has 2 aromatic rings. The van der Waals surface area contributed by atoms with Gasteiger partial charge in [-0.3, -0.25) is 0 Å². The first-order chi connectivity index (χ1) is 9.15. The summed E-state index contributed by atoms with van der Waals surface area (Å²) in [4.78, 5) is 9.56. The fourth-order valence-electron chi connectivity index (χ4n) is 2.47. The molecule has 0 saturated carbocycles. The average molecular weight is 278 g/mol. The van der Waals surface area contributed by atoms with Crippen molar-refractivity contribution >= 4 is 23.1 Å². The second-order valence-corrected chi connectivity index (χ2v) is 5.04. The van der Waals surface area contributed by atoms with Gasteiger partial charge in [0, 0.05) is 12.2 Å². The molecule has 1 aromatic carbocycles. The van der Waals surface area contributed by atoms with Gasteiger partial charge in [0.1, 0.15) is 0 Å². The summed E-state index contributed by atoms with van der Waals surface area (Å²) in [7, 11) is 0. The summed E-state index contributed by atoms with van der Waals surface area (Å²) >= 11 is 5.77. The van der Waals surface area contributed by atoms with E-state index >= 15 is 0 Å². The van der Waals surface area contributed by atoms with E-state index in [2.05, 4.69) is 23.0 Å². The van der Waals surface area contributed by atoms with Crippen molar-refractivity contribution in [3.05, 3.63) is 46.6 Å². The molecule has 0 atom stereocenters. The summed E-state index contributed by atoms with van der Waals surface area (Å²) in [5.74, 6) is -0.192. The van der Waals surface area contributed by atoms with E-state index in [0.717, 1.165) is 31.3 Å². The monoisotopic (exact) mass is 277 g/mol. The van der Waals surface area contributed by atoms with Crippen LogP contribution in [0.15, 0.2) is 24.4 Å². The third kappa shape index (κ3) is 2.28. The Bertz CT molecular complexity index is 630. The molecule has 0 unspecified atom stereocenters. The minimum Gasteiger partial charge on any atom is -0.324 e. The van der Waals surface area contributed by atoms with E-state index in [1.54, 1.807) is 0 Å². The number of aryl methyl sites for hydroxylation is 2. The third-order valence-corrected chi connectivity index (χ3v) is 3.49. The van der Waals surface area contributed by atoms with Crippen LogP contribution in [0.25, 0.3) is 0 Å². The van der Waals surface area contributed by atoms with Crippen LogP contribution in [0.3, 0.4) is 0 Å². The highest BCUT2D eigenvalue weighted by Gasteiger charge is 2.22. The Morgan fingerprint density at radius 2 is 2.21 bits per heavy atom. The Kier molecular flexibility index (Phi) is 3.11. The Morgan fingerprint density at radius 1 is 1.37 bits per heavy atom. The number of halogens is 2. The van der Waals surface area contributed by atoms with Crippen LogP contribution in [0.2, 0.25) is 5.28 Å². The van der Waals surface area contributed by atoms with Crippen molar-refractivity contribution in [2.24, 2.45) is 0 Å². The van der Waals surface area contributed by atoms with E-state index in [9.17, 15) is 4.39 Å². The van der Waals surface area contributed by atoms with Crippen LogP contribution in [0.1, 0.15) is 17.5 Å². The second kappa shape index (κ2) is 4.78. The molecule has 19 heavy (non-hydrogen) atoms. The highest BCUT2D eigenvalue weighted by Crippen LogP contribution is 2.34. The lowest BCUT2D eigenvalue weighted by Gasteiger charge is -2.30. The van der Waals surface area contributed by atoms with Gasteiger partial charge in [0.05, 0.1) is 6.20 Å². The molecule has 0 radical (unpaired) electrons. The average Bonchev–Trinajstić information content (AvgIpc) is 2.40. The SMILES string of the molecule is Cc1ccc2c(c1)CCCN2c1nc(Cl)ncc1F. The number of anilines is 2. The van der Waals surface area contributed by atoms with Gasteiger partial charge in [-0.05, 0) is 43.0 Å². The van der Waals surface area contributed by atoms with E-state index < -0.39 is 5.82 Å². The molecule has 2 heterocycles. The van der Waals surface area contributed by atoms with Crippen molar-refractivity contribution in [2.75, 3.05) is 11.4 Å². The molecule has 0 N–H and O–H groups in total. The van der Waals surface area contributed by atoms with Gasteiger partial charge in [0.25, 0.3) is 0 Å². The number of rotatable bonds is 1. The largest absolute Gasteiger partial charge is 0.324 e. The molecule has 0 bridgehead atoms. The maximum Gasteiger partial charge on any atom is 0.224 e. The number of hydrogen-bond acceptors (Lipinski definition) is 3. The van der Waals surface area contributed by atoms with Crippen molar-refractivity contribution in [1.29, 1.82) is 0 Å². The minimum absolute atomic E-state index is 0.0654. The standard InChI is InChI=1S/C14H13ClFN3/c1-9-4-5-12-10(7-9)3-2-6-19(12)13-11(16)8-17-14(15)18-13/h4-5,7-8H,2-3,6H2,1H3. The summed E-state index contributed by atoms with van der Waals surface area (Å²) in [5.41, 5.74) is 3.44. The lowest BCUT2D eigenvalue weighted by atomic mass is 9.99. The molecule has 0 aliphatic carbocycles. The van der Waals surface area contributed by atoms with Gasteiger partial charge in [-0.2, -0.15) is 4.98 Å². The molecule has 0 saturated heterocycles. The lowest BCUT2D eigenvalue weighted by Crippen LogP contribution is -2.26. The minimum atomic E-state index is -0.446. The van der Waals surface area contributed by atoms with Crippen LogP contribution in [0.4, 0.5) is 15.9 Å². The van der Waals surface area contributed by atoms with Crippen LogP contribution < -0.4 is 4.90 Å². The molecule has 1 aromatic heterocycles. The van der Waals surface area contributed by atoms with E-state index in [4.69, 9.17) is 11.6 Å². The van der Waals surface area contributed by atoms with Gasteiger partial charge in [-0.25, -0.2) is 9.37 Å². The predicted molar refractivity (Wildman–Crippen MR) is 73.5 cm³/mol. The van der Waals surface area contributed by atoms with E-state index in [1.165, 1.54) is 11.1 Å². The first kappa shape index (κ1) is 12.4. The van der Waals surface area contributed by atoms with Crippen molar-refractivity contribution < 1.29 is 4.39 Å². The first-order valence-electron chi connectivity index (χ1n) is 6.20. The van der Waals surface area contributed by atoms with Crippen molar-refractivity contribution in [2.45, 2.75) is 19.8 Å². The second-order valence-electron chi connectivity index (χ2n) is 4.70. The van der Waals surface area contributed by atoms with E-state index in [1.807, 2.05) is 17.0 Å².